The second-order valence-corrected chi connectivity index (χ2v) is 7.13. The predicted molar refractivity (Wildman–Crippen MR) is 112 cm³/mol. The zero-order chi connectivity index (χ0) is 20.5. The lowest BCUT2D eigenvalue weighted by Crippen LogP contribution is -2.12. The fraction of sp³-hybridized carbons (Fsp3) is 0.955. The molecule has 0 aliphatic rings. The van der Waals surface area contributed by atoms with Crippen LogP contribution in [-0.4, -0.2) is 63.9 Å². The summed E-state index contributed by atoms with van der Waals surface area (Å²) in [4.78, 5) is 10.3. The van der Waals surface area contributed by atoms with Crippen molar-refractivity contribution in [3.05, 3.63) is 0 Å². The SMILES string of the molecule is CCCCCCCCCCCCOCCOCCOCCOCCCC(=O)O. The second kappa shape index (κ2) is 24.3. The smallest absolute Gasteiger partial charge is 0.303 e. The van der Waals surface area contributed by atoms with E-state index >= 15 is 0 Å². The van der Waals surface area contributed by atoms with E-state index in [0.29, 0.717) is 52.7 Å². The molecule has 6 heteroatoms. The third kappa shape index (κ3) is 25.3. The summed E-state index contributed by atoms with van der Waals surface area (Å²) >= 11 is 0. The molecule has 0 bridgehead atoms. The Hall–Kier alpha value is -0.690. The van der Waals surface area contributed by atoms with E-state index in [9.17, 15) is 4.79 Å². The molecule has 0 fully saturated rings. The molecule has 1 N–H and O–H groups in total. The Morgan fingerprint density at radius 1 is 0.536 bits per heavy atom. The quantitative estimate of drug-likeness (QED) is 0.232. The first-order chi connectivity index (χ1) is 13.8. The molecule has 0 unspecified atom stereocenters. The summed E-state index contributed by atoms with van der Waals surface area (Å²) in [5, 5.41) is 8.48. The summed E-state index contributed by atoms with van der Waals surface area (Å²) < 4.78 is 21.7. The van der Waals surface area contributed by atoms with Crippen LogP contribution >= 0.6 is 0 Å². The van der Waals surface area contributed by atoms with Gasteiger partial charge >= 0.3 is 5.97 Å². The van der Waals surface area contributed by atoms with E-state index in [-0.39, 0.29) is 6.42 Å². The van der Waals surface area contributed by atoms with Crippen molar-refractivity contribution in [3.8, 4) is 0 Å². The Morgan fingerprint density at radius 3 is 1.32 bits per heavy atom. The van der Waals surface area contributed by atoms with E-state index in [0.717, 1.165) is 13.0 Å². The third-order valence-corrected chi connectivity index (χ3v) is 4.44. The highest BCUT2D eigenvalue weighted by Crippen LogP contribution is 2.10. The van der Waals surface area contributed by atoms with Gasteiger partial charge < -0.3 is 24.1 Å². The molecule has 0 aliphatic carbocycles. The van der Waals surface area contributed by atoms with Crippen molar-refractivity contribution < 1.29 is 28.8 Å². The van der Waals surface area contributed by atoms with E-state index in [1.807, 2.05) is 0 Å². The number of hydrogen-bond donors (Lipinski definition) is 1. The van der Waals surface area contributed by atoms with Crippen molar-refractivity contribution in [1.82, 2.24) is 0 Å². The van der Waals surface area contributed by atoms with E-state index in [2.05, 4.69) is 6.92 Å². The van der Waals surface area contributed by atoms with Gasteiger partial charge in [0.2, 0.25) is 0 Å². The molecule has 0 atom stereocenters. The summed E-state index contributed by atoms with van der Waals surface area (Å²) in [7, 11) is 0. The zero-order valence-electron chi connectivity index (χ0n) is 18.1. The van der Waals surface area contributed by atoms with Crippen molar-refractivity contribution >= 4 is 5.97 Å². The van der Waals surface area contributed by atoms with Gasteiger partial charge in [0.25, 0.3) is 0 Å². The highest BCUT2D eigenvalue weighted by atomic mass is 16.6. The molecule has 0 rings (SSSR count). The highest BCUT2D eigenvalue weighted by molar-refractivity contribution is 5.66. The minimum absolute atomic E-state index is 0.149. The summed E-state index contributed by atoms with van der Waals surface area (Å²) in [6.07, 6.45) is 14.1. The molecule has 6 nitrogen and oxygen atoms in total. The van der Waals surface area contributed by atoms with Crippen molar-refractivity contribution in [2.75, 3.05) is 52.9 Å². The number of carboxylic acid groups (broad SMARTS) is 1. The lowest BCUT2D eigenvalue weighted by molar-refractivity contribution is -0.137. The van der Waals surface area contributed by atoms with Crippen LogP contribution in [0.2, 0.25) is 0 Å². The first-order valence-electron chi connectivity index (χ1n) is 11.3. The summed E-state index contributed by atoms with van der Waals surface area (Å²) in [5.41, 5.74) is 0. The molecule has 0 radical (unpaired) electrons. The minimum Gasteiger partial charge on any atom is -0.481 e. The molecule has 0 aromatic rings. The fourth-order valence-corrected chi connectivity index (χ4v) is 2.78. The van der Waals surface area contributed by atoms with Crippen LogP contribution < -0.4 is 0 Å². The average Bonchev–Trinajstić information content (AvgIpc) is 2.68. The van der Waals surface area contributed by atoms with Crippen LogP contribution in [0, 0.1) is 0 Å². The van der Waals surface area contributed by atoms with Gasteiger partial charge in [0, 0.05) is 19.6 Å². The molecule has 168 valence electrons. The number of unbranched alkanes of at least 4 members (excludes halogenated alkanes) is 9. The summed E-state index contributed by atoms with van der Waals surface area (Å²) in [5.74, 6) is -0.788. The van der Waals surface area contributed by atoms with Crippen molar-refractivity contribution in [2.45, 2.75) is 84.0 Å². The second-order valence-electron chi connectivity index (χ2n) is 7.13. The molecular formula is C22H44O6. The van der Waals surface area contributed by atoms with Crippen LogP contribution in [0.3, 0.4) is 0 Å². The van der Waals surface area contributed by atoms with Crippen LogP contribution in [0.25, 0.3) is 0 Å². The molecule has 0 aromatic carbocycles. The Kier molecular flexibility index (Phi) is 23.7. The predicted octanol–water partition coefficient (Wildman–Crippen LogP) is 4.84. The minimum atomic E-state index is -0.788. The number of rotatable bonds is 24. The van der Waals surface area contributed by atoms with Gasteiger partial charge in [-0.3, -0.25) is 4.79 Å². The largest absolute Gasteiger partial charge is 0.481 e. The third-order valence-electron chi connectivity index (χ3n) is 4.44. The van der Waals surface area contributed by atoms with Crippen LogP contribution in [-0.2, 0) is 23.7 Å². The fourth-order valence-electron chi connectivity index (χ4n) is 2.78. The molecule has 0 amide bonds. The van der Waals surface area contributed by atoms with E-state index < -0.39 is 5.97 Å². The van der Waals surface area contributed by atoms with Crippen molar-refractivity contribution in [3.63, 3.8) is 0 Å². The lowest BCUT2D eigenvalue weighted by Gasteiger charge is -2.07. The molecule has 0 saturated carbocycles. The normalized spacial score (nSPS) is 11.2. The Labute approximate surface area is 172 Å². The van der Waals surface area contributed by atoms with Crippen molar-refractivity contribution in [1.29, 1.82) is 0 Å². The highest BCUT2D eigenvalue weighted by Gasteiger charge is 1.97. The Bertz CT molecular complexity index is 311. The topological polar surface area (TPSA) is 74.2 Å². The maximum Gasteiger partial charge on any atom is 0.303 e. The van der Waals surface area contributed by atoms with E-state index in [1.54, 1.807) is 0 Å². The van der Waals surface area contributed by atoms with Crippen LogP contribution in [0.15, 0.2) is 0 Å². The number of carboxylic acids is 1. The Morgan fingerprint density at radius 2 is 0.893 bits per heavy atom. The van der Waals surface area contributed by atoms with E-state index in [4.69, 9.17) is 24.1 Å². The number of ether oxygens (including phenoxy) is 4. The van der Waals surface area contributed by atoms with Gasteiger partial charge in [-0.05, 0) is 12.8 Å². The number of carbonyl (C=O) groups is 1. The first-order valence-corrected chi connectivity index (χ1v) is 11.3. The monoisotopic (exact) mass is 404 g/mol. The molecule has 0 saturated heterocycles. The van der Waals surface area contributed by atoms with Gasteiger partial charge in [-0.25, -0.2) is 0 Å². The standard InChI is InChI=1S/C22H44O6/c1-2-3-4-5-6-7-8-9-10-11-14-25-16-18-27-20-21-28-19-17-26-15-12-13-22(23)24/h2-21H2,1H3,(H,23,24). The number of hydrogen-bond acceptors (Lipinski definition) is 5. The first kappa shape index (κ1) is 27.3. The van der Waals surface area contributed by atoms with E-state index in [1.165, 1.54) is 57.8 Å². The maximum atomic E-state index is 10.3. The van der Waals surface area contributed by atoms with Gasteiger partial charge in [0.15, 0.2) is 0 Å². The van der Waals surface area contributed by atoms with Crippen LogP contribution in [0.4, 0.5) is 0 Å². The molecule has 0 aromatic heterocycles. The van der Waals surface area contributed by atoms with Crippen LogP contribution in [0.1, 0.15) is 84.0 Å². The van der Waals surface area contributed by atoms with Crippen LogP contribution in [0.5, 0.6) is 0 Å². The molecule has 0 heterocycles. The summed E-state index contributed by atoms with van der Waals surface area (Å²) in [6, 6.07) is 0. The number of aliphatic carboxylic acids is 1. The molecular weight excluding hydrogens is 360 g/mol. The van der Waals surface area contributed by atoms with Gasteiger partial charge in [0.1, 0.15) is 0 Å². The van der Waals surface area contributed by atoms with Gasteiger partial charge in [0.05, 0.1) is 39.6 Å². The van der Waals surface area contributed by atoms with Crippen molar-refractivity contribution in [2.24, 2.45) is 0 Å². The van der Waals surface area contributed by atoms with Gasteiger partial charge in [-0.1, -0.05) is 64.7 Å². The lowest BCUT2D eigenvalue weighted by atomic mass is 10.1. The van der Waals surface area contributed by atoms with Gasteiger partial charge in [-0.2, -0.15) is 0 Å². The summed E-state index contributed by atoms with van der Waals surface area (Å²) in [6.45, 7) is 6.89. The molecule has 0 spiro atoms. The molecule has 28 heavy (non-hydrogen) atoms. The Balaban J connectivity index is 2.99. The molecule has 0 aliphatic heterocycles. The zero-order valence-corrected chi connectivity index (χ0v) is 18.1. The van der Waals surface area contributed by atoms with Gasteiger partial charge in [-0.15, -0.1) is 0 Å². The maximum absolute atomic E-state index is 10.3. The average molecular weight is 405 g/mol.